The zero-order chi connectivity index (χ0) is 10.1. The van der Waals surface area contributed by atoms with Gasteiger partial charge in [-0.2, -0.15) is 0 Å². The van der Waals surface area contributed by atoms with Crippen molar-refractivity contribution in [3.63, 3.8) is 0 Å². The van der Waals surface area contributed by atoms with E-state index in [1.54, 1.807) is 0 Å². The highest BCUT2D eigenvalue weighted by Crippen LogP contribution is 2.01. The summed E-state index contributed by atoms with van der Waals surface area (Å²) >= 11 is 0. The highest BCUT2D eigenvalue weighted by molar-refractivity contribution is 4.86. The molecule has 0 bridgehead atoms. The van der Waals surface area contributed by atoms with Gasteiger partial charge in [0.2, 0.25) is 0 Å². The summed E-state index contributed by atoms with van der Waals surface area (Å²) in [5.74, 6) is 3.35. The Morgan fingerprint density at radius 2 is 2.23 bits per heavy atom. The van der Waals surface area contributed by atoms with Crippen LogP contribution < -0.4 is 5.32 Å². The molecule has 1 N–H and O–H groups in total. The first-order valence-corrected chi connectivity index (χ1v) is 5.03. The van der Waals surface area contributed by atoms with Gasteiger partial charge in [0.15, 0.2) is 0 Å². The second-order valence-corrected chi connectivity index (χ2v) is 3.66. The molecule has 0 amide bonds. The summed E-state index contributed by atoms with van der Waals surface area (Å²) in [6.45, 7) is 8.43. The lowest BCUT2D eigenvalue weighted by Crippen LogP contribution is -2.32. The van der Waals surface area contributed by atoms with E-state index in [9.17, 15) is 0 Å². The molecular weight excluding hydrogens is 160 g/mol. The molecule has 0 aliphatic heterocycles. The lowest BCUT2D eigenvalue weighted by Gasteiger charge is -2.20. The average Bonchev–Trinajstić information content (AvgIpc) is 2.12. The molecule has 0 saturated carbocycles. The van der Waals surface area contributed by atoms with E-state index in [0.717, 1.165) is 19.0 Å². The molecule has 0 aliphatic carbocycles. The van der Waals surface area contributed by atoms with Crippen LogP contribution in [-0.2, 0) is 0 Å². The smallest absolute Gasteiger partial charge is 0.0574 e. The molecule has 0 rings (SSSR count). The standard InChI is InChI=1S/C11H22N2/c1-5-7-12-8-9-13(4)10-11(3)6-2/h1,11-12H,6-10H2,2-4H3. The maximum absolute atomic E-state index is 5.12. The monoisotopic (exact) mass is 182 g/mol. The third-order valence-electron chi connectivity index (χ3n) is 2.22. The van der Waals surface area contributed by atoms with Gasteiger partial charge in [-0.3, -0.25) is 0 Å². The number of nitrogens with zero attached hydrogens (tertiary/aromatic N) is 1. The van der Waals surface area contributed by atoms with Gasteiger partial charge in [-0.15, -0.1) is 6.42 Å². The van der Waals surface area contributed by atoms with Crippen LogP contribution in [0.25, 0.3) is 0 Å². The first kappa shape index (κ1) is 12.5. The van der Waals surface area contributed by atoms with Crippen LogP contribution in [0.15, 0.2) is 0 Å². The van der Waals surface area contributed by atoms with Crippen LogP contribution in [0.1, 0.15) is 20.3 Å². The van der Waals surface area contributed by atoms with E-state index in [0.29, 0.717) is 6.54 Å². The Labute approximate surface area is 82.7 Å². The third-order valence-corrected chi connectivity index (χ3v) is 2.22. The van der Waals surface area contributed by atoms with Crippen LogP contribution in [0, 0.1) is 18.3 Å². The lowest BCUT2D eigenvalue weighted by atomic mass is 10.1. The molecule has 0 radical (unpaired) electrons. The molecule has 0 spiro atoms. The van der Waals surface area contributed by atoms with Crippen molar-refractivity contribution in [3.05, 3.63) is 0 Å². The minimum atomic E-state index is 0.678. The summed E-state index contributed by atoms with van der Waals surface area (Å²) in [4.78, 5) is 2.34. The molecule has 0 heterocycles. The summed E-state index contributed by atoms with van der Waals surface area (Å²) < 4.78 is 0. The van der Waals surface area contributed by atoms with Gasteiger partial charge in [0.05, 0.1) is 6.54 Å². The van der Waals surface area contributed by atoms with Crippen molar-refractivity contribution < 1.29 is 0 Å². The first-order chi connectivity index (χ1) is 6.20. The Morgan fingerprint density at radius 1 is 1.54 bits per heavy atom. The zero-order valence-electron chi connectivity index (χ0n) is 9.14. The maximum atomic E-state index is 5.12. The van der Waals surface area contributed by atoms with E-state index in [2.05, 4.69) is 37.0 Å². The summed E-state index contributed by atoms with van der Waals surface area (Å²) in [7, 11) is 2.16. The SMILES string of the molecule is C#CCNCCN(C)CC(C)CC. The van der Waals surface area contributed by atoms with Gasteiger partial charge < -0.3 is 10.2 Å². The summed E-state index contributed by atoms with van der Waals surface area (Å²) in [5, 5.41) is 3.18. The van der Waals surface area contributed by atoms with E-state index in [1.165, 1.54) is 13.0 Å². The van der Waals surface area contributed by atoms with Crippen LogP contribution in [0.3, 0.4) is 0 Å². The molecule has 1 unspecified atom stereocenters. The Hall–Kier alpha value is -0.520. The quantitative estimate of drug-likeness (QED) is 0.470. The van der Waals surface area contributed by atoms with Crippen molar-refractivity contribution in [2.75, 3.05) is 33.2 Å². The van der Waals surface area contributed by atoms with Gasteiger partial charge in [0.25, 0.3) is 0 Å². The van der Waals surface area contributed by atoms with Crippen molar-refractivity contribution in [3.8, 4) is 12.3 Å². The van der Waals surface area contributed by atoms with E-state index in [1.807, 2.05) is 0 Å². The molecular formula is C11H22N2. The summed E-state index contributed by atoms with van der Waals surface area (Å²) in [5.41, 5.74) is 0. The predicted octanol–water partition coefficient (Wildman–Crippen LogP) is 1.19. The van der Waals surface area contributed by atoms with Crippen molar-refractivity contribution in [1.29, 1.82) is 0 Å². The third kappa shape index (κ3) is 7.83. The van der Waals surface area contributed by atoms with Gasteiger partial charge >= 0.3 is 0 Å². The number of rotatable bonds is 7. The number of hydrogen-bond donors (Lipinski definition) is 1. The van der Waals surface area contributed by atoms with E-state index < -0.39 is 0 Å². The van der Waals surface area contributed by atoms with Crippen molar-refractivity contribution in [1.82, 2.24) is 10.2 Å². The van der Waals surface area contributed by atoms with Crippen LogP contribution in [-0.4, -0.2) is 38.1 Å². The fraction of sp³-hybridized carbons (Fsp3) is 0.818. The van der Waals surface area contributed by atoms with Crippen LogP contribution in [0.4, 0.5) is 0 Å². The highest BCUT2D eigenvalue weighted by Gasteiger charge is 2.02. The largest absolute Gasteiger partial charge is 0.305 e. The normalized spacial score (nSPS) is 12.8. The van der Waals surface area contributed by atoms with Crippen molar-refractivity contribution >= 4 is 0 Å². The van der Waals surface area contributed by atoms with Crippen LogP contribution in [0.5, 0.6) is 0 Å². The Bertz CT molecular complexity index is 149. The number of hydrogen-bond acceptors (Lipinski definition) is 2. The average molecular weight is 182 g/mol. The molecule has 2 heteroatoms. The number of likely N-dealkylation sites (N-methyl/N-ethyl adjacent to an activating group) is 1. The fourth-order valence-electron chi connectivity index (χ4n) is 1.18. The topological polar surface area (TPSA) is 15.3 Å². The number of nitrogens with one attached hydrogen (secondary N) is 1. The van der Waals surface area contributed by atoms with Crippen molar-refractivity contribution in [2.24, 2.45) is 5.92 Å². The van der Waals surface area contributed by atoms with Crippen LogP contribution >= 0.6 is 0 Å². The predicted molar refractivity (Wildman–Crippen MR) is 58.7 cm³/mol. The van der Waals surface area contributed by atoms with E-state index >= 15 is 0 Å². The van der Waals surface area contributed by atoms with E-state index in [-0.39, 0.29) is 0 Å². The van der Waals surface area contributed by atoms with Gasteiger partial charge in [-0.25, -0.2) is 0 Å². The minimum absolute atomic E-state index is 0.678. The first-order valence-electron chi connectivity index (χ1n) is 5.03. The van der Waals surface area contributed by atoms with Gasteiger partial charge in [-0.05, 0) is 13.0 Å². The summed E-state index contributed by atoms with van der Waals surface area (Å²) in [6, 6.07) is 0. The molecule has 13 heavy (non-hydrogen) atoms. The van der Waals surface area contributed by atoms with Crippen molar-refractivity contribution in [2.45, 2.75) is 20.3 Å². The molecule has 0 aromatic heterocycles. The molecule has 1 atom stereocenters. The highest BCUT2D eigenvalue weighted by atomic mass is 15.1. The number of terminal acetylenes is 1. The van der Waals surface area contributed by atoms with E-state index in [4.69, 9.17) is 6.42 Å². The maximum Gasteiger partial charge on any atom is 0.0574 e. The molecule has 0 aliphatic rings. The molecule has 0 aromatic rings. The lowest BCUT2D eigenvalue weighted by molar-refractivity contribution is 0.283. The van der Waals surface area contributed by atoms with Crippen LogP contribution in [0.2, 0.25) is 0 Å². The molecule has 2 nitrogen and oxygen atoms in total. The molecule has 0 saturated heterocycles. The molecule has 0 fully saturated rings. The second kappa shape index (κ2) is 8.10. The van der Waals surface area contributed by atoms with Gasteiger partial charge in [0.1, 0.15) is 0 Å². The Kier molecular flexibility index (Phi) is 7.77. The zero-order valence-corrected chi connectivity index (χ0v) is 9.14. The second-order valence-electron chi connectivity index (χ2n) is 3.66. The summed E-state index contributed by atoms with van der Waals surface area (Å²) in [6.07, 6.45) is 6.37. The Balaban J connectivity index is 3.30. The Morgan fingerprint density at radius 3 is 2.77 bits per heavy atom. The van der Waals surface area contributed by atoms with Gasteiger partial charge in [-0.1, -0.05) is 26.2 Å². The molecule has 76 valence electrons. The van der Waals surface area contributed by atoms with Gasteiger partial charge in [0, 0.05) is 19.6 Å². The molecule has 0 aromatic carbocycles. The fourth-order valence-corrected chi connectivity index (χ4v) is 1.18. The minimum Gasteiger partial charge on any atom is -0.305 e.